The Labute approximate surface area is 87.0 Å². The van der Waals surface area contributed by atoms with Crippen LogP contribution in [-0.4, -0.2) is 17.4 Å². The number of hydrogen-bond donors (Lipinski definition) is 1. The molecule has 7 heteroatoms. The summed E-state index contributed by atoms with van der Waals surface area (Å²) in [5.41, 5.74) is -0.286. The first-order valence-corrected chi connectivity index (χ1v) is 3.96. The average molecular weight is 241 g/mol. The van der Waals surface area contributed by atoms with Crippen LogP contribution in [0.4, 0.5) is 13.2 Å². The van der Waals surface area contributed by atoms with Gasteiger partial charge in [-0.3, -0.25) is 0 Å². The number of alkyl halides is 3. The van der Waals surface area contributed by atoms with Gasteiger partial charge in [-0.2, -0.15) is 0 Å². The predicted molar refractivity (Wildman–Crippen MR) is 45.1 cm³/mol. The van der Waals surface area contributed by atoms with Crippen molar-refractivity contribution in [2.75, 3.05) is 0 Å². The van der Waals surface area contributed by atoms with Crippen molar-refractivity contribution in [1.29, 1.82) is 0 Å². The summed E-state index contributed by atoms with van der Waals surface area (Å²) in [7, 11) is 0. The Bertz CT molecular complexity index is 389. The van der Waals surface area contributed by atoms with Crippen LogP contribution in [0.25, 0.3) is 0 Å². The minimum atomic E-state index is -4.83. The molecule has 1 aromatic carbocycles. The lowest BCUT2D eigenvalue weighted by molar-refractivity contribution is -0.274. The third-order valence-electron chi connectivity index (χ3n) is 1.40. The molecule has 0 heterocycles. The van der Waals surface area contributed by atoms with Gasteiger partial charge in [-0.15, -0.1) is 13.2 Å². The summed E-state index contributed by atoms with van der Waals surface area (Å²) in [5.74, 6) is -1.88. The molecule has 0 saturated carbocycles. The number of rotatable bonds is 2. The van der Waals surface area contributed by atoms with Crippen LogP contribution in [0.1, 0.15) is 10.4 Å². The van der Waals surface area contributed by atoms with Crippen molar-refractivity contribution in [3.8, 4) is 5.75 Å². The van der Waals surface area contributed by atoms with Crippen molar-refractivity contribution in [2.24, 2.45) is 0 Å². The second-order valence-corrected chi connectivity index (χ2v) is 2.90. The molecule has 15 heavy (non-hydrogen) atoms. The summed E-state index contributed by atoms with van der Waals surface area (Å²) in [4.78, 5) is 10.5. The molecular weight excluding hydrogens is 237 g/mol. The first kappa shape index (κ1) is 11.6. The summed E-state index contributed by atoms with van der Waals surface area (Å²) in [6.07, 6.45) is -4.83. The zero-order valence-electron chi connectivity index (χ0n) is 7.01. The van der Waals surface area contributed by atoms with E-state index in [1.807, 2.05) is 0 Å². The minimum absolute atomic E-state index is 0.286. The number of hydrogen-bond acceptors (Lipinski definition) is 2. The third-order valence-corrected chi connectivity index (χ3v) is 1.72. The first-order valence-electron chi connectivity index (χ1n) is 3.58. The Morgan fingerprint density at radius 3 is 2.40 bits per heavy atom. The quantitative estimate of drug-likeness (QED) is 0.864. The van der Waals surface area contributed by atoms with Crippen LogP contribution < -0.4 is 4.74 Å². The van der Waals surface area contributed by atoms with Crippen LogP contribution in [0, 0.1) is 0 Å². The lowest BCUT2D eigenvalue weighted by atomic mass is 10.2. The number of carbonyl (C=O) groups is 1. The summed E-state index contributed by atoms with van der Waals surface area (Å²) in [6.45, 7) is 0. The molecule has 0 unspecified atom stereocenters. The van der Waals surface area contributed by atoms with Gasteiger partial charge in [0, 0.05) is 0 Å². The van der Waals surface area contributed by atoms with Crippen molar-refractivity contribution in [1.82, 2.24) is 0 Å². The van der Waals surface area contributed by atoms with Gasteiger partial charge in [-0.05, 0) is 18.2 Å². The zero-order valence-corrected chi connectivity index (χ0v) is 7.76. The van der Waals surface area contributed by atoms with Crippen molar-refractivity contribution in [2.45, 2.75) is 6.36 Å². The van der Waals surface area contributed by atoms with Crippen LogP contribution in [0.15, 0.2) is 18.2 Å². The fourth-order valence-electron chi connectivity index (χ4n) is 0.866. The number of aromatic carboxylic acids is 1. The molecule has 1 aromatic rings. The molecule has 82 valence electrons. The number of halogens is 4. The topological polar surface area (TPSA) is 46.5 Å². The Morgan fingerprint density at radius 1 is 1.40 bits per heavy atom. The number of carboxylic acid groups (broad SMARTS) is 1. The van der Waals surface area contributed by atoms with Crippen molar-refractivity contribution < 1.29 is 27.8 Å². The fourth-order valence-corrected chi connectivity index (χ4v) is 1.12. The van der Waals surface area contributed by atoms with E-state index in [0.29, 0.717) is 0 Å². The SMILES string of the molecule is O=C(O)c1ccc(OC(F)(F)F)cc1Cl. The van der Waals surface area contributed by atoms with E-state index in [0.717, 1.165) is 18.2 Å². The molecule has 1 N–H and O–H groups in total. The van der Waals surface area contributed by atoms with Crippen molar-refractivity contribution >= 4 is 17.6 Å². The summed E-state index contributed by atoms with van der Waals surface area (Å²) in [6, 6.07) is 2.60. The van der Waals surface area contributed by atoms with Crippen LogP contribution in [0.3, 0.4) is 0 Å². The van der Waals surface area contributed by atoms with Gasteiger partial charge in [0.05, 0.1) is 10.6 Å². The Hall–Kier alpha value is -1.43. The molecule has 0 radical (unpaired) electrons. The highest BCUT2D eigenvalue weighted by atomic mass is 35.5. The van der Waals surface area contributed by atoms with E-state index < -0.39 is 18.1 Å². The number of benzene rings is 1. The van der Waals surface area contributed by atoms with E-state index >= 15 is 0 Å². The standard InChI is InChI=1S/C8H4ClF3O3/c9-6-3-4(15-8(10,11)12)1-2-5(6)7(13)14/h1-3H,(H,13,14). The largest absolute Gasteiger partial charge is 0.573 e. The second kappa shape index (κ2) is 3.98. The van der Waals surface area contributed by atoms with E-state index in [1.165, 1.54) is 0 Å². The molecule has 0 atom stereocenters. The first-order chi connectivity index (χ1) is 6.79. The molecule has 0 saturated heterocycles. The molecule has 1 rings (SSSR count). The smallest absolute Gasteiger partial charge is 0.478 e. The molecular formula is C8H4ClF3O3. The highest BCUT2D eigenvalue weighted by molar-refractivity contribution is 6.33. The maximum Gasteiger partial charge on any atom is 0.573 e. The molecule has 0 aliphatic carbocycles. The summed E-state index contributed by atoms with van der Waals surface area (Å²) in [5, 5.41) is 8.23. The molecule has 0 aliphatic rings. The van der Waals surface area contributed by atoms with E-state index in [-0.39, 0.29) is 10.6 Å². The Balaban J connectivity index is 2.97. The molecule has 0 aromatic heterocycles. The third kappa shape index (κ3) is 3.32. The lowest BCUT2D eigenvalue weighted by Gasteiger charge is -2.09. The van der Waals surface area contributed by atoms with E-state index in [9.17, 15) is 18.0 Å². The fraction of sp³-hybridized carbons (Fsp3) is 0.125. The average Bonchev–Trinajstić information content (AvgIpc) is 1.99. The van der Waals surface area contributed by atoms with Gasteiger partial charge in [-0.25, -0.2) is 4.79 Å². The molecule has 0 amide bonds. The van der Waals surface area contributed by atoms with E-state index in [4.69, 9.17) is 16.7 Å². The van der Waals surface area contributed by atoms with Gasteiger partial charge in [0.1, 0.15) is 5.75 Å². The molecule has 0 fully saturated rings. The Morgan fingerprint density at radius 2 is 2.00 bits per heavy atom. The maximum absolute atomic E-state index is 11.8. The number of ether oxygens (including phenoxy) is 1. The van der Waals surface area contributed by atoms with Crippen LogP contribution in [0.5, 0.6) is 5.75 Å². The van der Waals surface area contributed by atoms with Crippen LogP contribution >= 0.6 is 11.6 Å². The van der Waals surface area contributed by atoms with Gasteiger partial charge in [0.25, 0.3) is 0 Å². The zero-order chi connectivity index (χ0) is 11.6. The van der Waals surface area contributed by atoms with E-state index in [2.05, 4.69) is 4.74 Å². The molecule has 0 aliphatic heterocycles. The van der Waals surface area contributed by atoms with Gasteiger partial charge in [0.2, 0.25) is 0 Å². The van der Waals surface area contributed by atoms with Gasteiger partial charge in [-0.1, -0.05) is 11.6 Å². The normalized spacial score (nSPS) is 11.2. The van der Waals surface area contributed by atoms with Crippen molar-refractivity contribution in [3.63, 3.8) is 0 Å². The lowest BCUT2D eigenvalue weighted by Crippen LogP contribution is -2.17. The van der Waals surface area contributed by atoms with Gasteiger partial charge in [0.15, 0.2) is 0 Å². The van der Waals surface area contributed by atoms with Gasteiger partial charge < -0.3 is 9.84 Å². The van der Waals surface area contributed by atoms with Crippen molar-refractivity contribution in [3.05, 3.63) is 28.8 Å². The minimum Gasteiger partial charge on any atom is -0.478 e. The van der Waals surface area contributed by atoms with Crippen LogP contribution in [-0.2, 0) is 0 Å². The maximum atomic E-state index is 11.8. The highest BCUT2D eigenvalue weighted by Gasteiger charge is 2.31. The van der Waals surface area contributed by atoms with Gasteiger partial charge >= 0.3 is 12.3 Å². The van der Waals surface area contributed by atoms with Crippen LogP contribution in [0.2, 0.25) is 5.02 Å². The molecule has 0 bridgehead atoms. The highest BCUT2D eigenvalue weighted by Crippen LogP contribution is 2.27. The predicted octanol–water partition coefficient (Wildman–Crippen LogP) is 2.94. The number of carboxylic acids is 1. The monoisotopic (exact) mass is 240 g/mol. The van der Waals surface area contributed by atoms with E-state index in [1.54, 1.807) is 0 Å². The second-order valence-electron chi connectivity index (χ2n) is 2.49. The molecule has 0 spiro atoms. The summed E-state index contributed by atoms with van der Waals surface area (Å²) < 4.78 is 38.8. The Kier molecular flexibility index (Phi) is 3.09. The molecule has 3 nitrogen and oxygen atoms in total. The summed E-state index contributed by atoms with van der Waals surface area (Å²) >= 11 is 5.43.